The van der Waals surface area contributed by atoms with E-state index in [1.807, 2.05) is 6.08 Å². The Kier molecular flexibility index (Phi) is 2.73. The van der Waals surface area contributed by atoms with Gasteiger partial charge in [-0.3, -0.25) is 0 Å². The van der Waals surface area contributed by atoms with E-state index in [4.69, 9.17) is 5.26 Å². The number of alkyl halides is 3. The summed E-state index contributed by atoms with van der Waals surface area (Å²) in [4.78, 5) is 0. The van der Waals surface area contributed by atoms with E-state index in [0.29, 0.717) is 6.42 Å². The molecule has 0 aromatic carbocycles. The van der Waals surface area contributed by atoms with Gasteiger partial charge in [0.25, 0.3) is 0 Å². The van der Waals surface area contributed by atoms with Gasteiger partial charge in [0.15, 0.2) is 0 Å². The zero-order valence-corrected chi connectivity index (χ0v) is 8.98. The normalized spacial score (nSPS) is 28.9. The molecule has 0 radical (unpaired) electrons. The average molecular weight is 229 g/mol. The van der Waals surface area contributed by atoms with E-state index >= 15 is 0 Å². The van der Waals surface area contributed by atoms with Crippen LogP contribution in [0.4, 0.5) is 13.2 Å². The Balaban J connectivity index is 2.13. The quantitative estimate of drug-likeness (QED) is 0.624. The highest BCUT2D eigenvalue weighted by Crippen LogP contribution is 2.51. The monoisotopic (exact) mass is 229 g/mol. The Morgan fingerprint density at radius 3 is 2.50 bits per heavy atom. The van der Waals surface area contributed by atoms with Crippen molar-refractivity contribution in [2.45, 2.75) is 44.7 Å². The van der Waals surface area contributed by atoms with Gasteiger partial charge in [-0.2, -0.15) is 18.4 Å². The van der Waals surface area contributed by atoms with Gasteiger partial charge in [0.05, 0.1) is 17.4 Å². The number of nitrogens with zero attached hydrogens (tertiary/aromatic N) is 1. The van der Waals surface area contributed by atoms with E-state index < -0.39 is 17.5 Å². The maximum absolute atomic E-state index is 12.6. The Morgan fingerprint density at radius 1 is 1.38 bits per heavy atom. The van der Waals surface area contributed by atoms with Crippen LogP contribution in [0.5, 0.6) is 0 Å². The molecule has 1 atom stereocenters. The van der Waals surface area contributed by atoms with Crippen LogP contribution in [0.2, 0.25) is 0 Å². The van der Waals surface area contributed by atoms with Gasteiger partial charge in [0.2, 0.25) is 0 Å². The van der Waals surface area contributed by atoms with Gasteiger partial charge in [0, 0.05) is 0 Å². The average Bonchev–Trinajstić information content (AvgIpc) is 2.16. The third kappa shape index (κ3) is 1.83. The first-order valence-electron chi connectivity index (χ1n) is 5.65. The molecule has 0 heterocycles. The number of hydrogen-bond donors (Lipinski definition) is 0. The lowest BCUT2D eigenvalue weighted by Crippen LogP contribution is -2.34. The van der Waals surface area contributed by atoms with Crippen LogP contribution in [0.3, 0.4) is 0 Å². The molecule has 1 saturated carbocycles. The van der Waals surface area contributed by atoms with Crippen LogP contribution in [0.25, 0.3) is 0 Å². The molecule has 1 nitrogen and oxygen atoms in total. The summed E-state index contributed by atoms with van der Waals surface area (Å²) in [7, 11) is 0. The van der Waals surface area contributed by atoms with Crippen molar-refractivity contribution >= 4 is 0 Å². The van der Waals surface area contributed by atoms with Crippen LogP contribution in [-0.4, -0.2) is 6.18 Å². The lowest BCUT2D eigenvalue weighted by Gasteiger charge is -2.40. The van der Waals surface area contributed by atoms with E-state index in [1.54, 1.807) is 0 Å². The van der Waals surface area contributed by atoms with Crippen molar-refractivity contribution in [3.63, 3.8) is 0 Å². The van der Waals surface area contributed by atoms with Crippen molar-refractivity contribution in [3.8, 4) is 6.07 Å². The molecule has 1 fully saturated rings. The van der Waals surface area contributed by atoms with Gasteiger partial charge in [0.1, 0.15) is 0 Å². The fourth-order valence-corrected chi connectivity index (χ4v) is 2.61. The summed E-state index contributed by atoms with van der Waals surface area (Å²) in [6.07, 6.45) is 0.862. The molecule has 0 amide bonds. The lowest BCUT2D eigenvalue weighted by molar-refractivity contribution is -0.177. The summed E-state index contributed by atoms with van der Waals surface area (Å²) in [6, 6.07) is 2.22. The molecule has 0 aromatic rings. The standard InChI is InChI=1S/C12H14F3N/c13-12(14,15)10-4-1-3-9(7-10)11(8-16)5-2-6-11/h3,10H,1-2,4-7H2/t10-/m1/s1. The van der Waals surface area contributed by atoms with Gasteiger partial charge in [-0.15, -0.1) is 0 Å². The maximum Gasteiger partial charge on any atom is 0.392 e. The predicted molar refractivity (Wildman–Crippen MR) is 53.4 cm³/mol. The molecule has 0 aromatic heterocycles. The SMILES string of the molecule is N#CC1(C2=CCC[C@@H](C(F)(F)F)C2)CCC1. The minimum Gasteiger partial charge on any atom is -0.197 e. The molecule has 0 spiro atoms. The zero-order chi connectivity index (χ0) is 11.8. The summed E-state index contributed by atoms with van der Waals surface area (Å²) < 4.78 is 37.9. The van der Waals surface area contributed by atoms with Crippen LogP contribution < -0.4 is 0 Å². The first-order chi connectivity index (χ1) is 7.48. The Labute approximate surface area is 92.9 Å². The van der Waals surface area contributed by atoms with Crippen LogP contribution in [0.15, 0.2) is 11.6 Å². The van der Waals surface area contributed by atoms with Crippen LogP contribution in [0, 0.1) is 22.7 Å². The van der Waals surface area contributed by atoms with E-state index in [1.165, 1.54) is 0 Å². The maximum atomic E-state index is 12.6. The van der Waals surface area contributed by atoms with Gasteiger partial charge in [-0.05, 0) is 38.5 Å². The van der Waals surface area contributed by atoms with Crippen LogP contribution in [-0.2, 0) is 0 Å². The number of hydrogen-bond acceptors (Lipinski definition) is 1. The number of allylic oxidation sites excluding steroid dienone is 2. The van der Waals surface area contributed by atoms with Crippen molar-refractivity contribution in [2.24, 2.45) is 11.3 Å². The highest BCUT2D eigenvalue weighted by Gasteiger charge is 2.47. The molecule has 4 heteroatoms. The molecule has 88 valence electrons. The predicted octanol–water partition coefficient (Wildman–Crippen LogP) is 3.97. The minimum atomic E-state index is -4.11. The molecular formula is C12H14F3N. The van der Waals surface area contributed by atoms with Crippen LogP contribution >= 0.6 is 0 Å². The molecular weight excluding hydrogens is 215 g/mol. The first kappa shape index (κ1) is 11.5. The second-order valence-corrected chi connectivity index (χ2v) is 4.80. The fraction of sp³-hybridized carbons (Fsp3) is 0.750. The van der Waals surface area contributed by atoms with Crippen molar-refractivity contribution in [1.29, 1.82) is 5.26 Å². The summed E-state index contributed by atoms with van der Waals surface area (Å²) in [5.74, 6) is -1.24. The number of nitriles is 1. The first-order valence-corrected chi connectivity index (χ1v) is 5.65. The Hall–Kier alpha value is -0.980. The van der Waals surface area contributed by atoms with E-state index in [2.05, 4.69) is 6.07 Å². The third-order valence-corrected chi connectivity index (χ3v) is 3.87. The van der Waals surface area contributed by atoms with Crippen molar-refractivity contribution in [1.82, 2.24) is 0 Å². The molecule has 0 N–H and O–H groups in total. The molecule has 2 aliphatic carbocycles. The smallest absolute Gasteiger partial charge is 0.197 e. The fourth-order valence-electron chi connectivity index (χ4n) is 2.61. The molecule has 0 saturated heterocycles. The summed E-state index contributed by atoms with van der Waals surface area (Å²) in [5, 5.41) is 9.11. The van der Waals surface area contributed by atoms with Crippen LogP contribution in [0.1, 0.15) is 38.5 Å². The molecule has 16 heavy (non-hydrogen) atoms. The molecule has 0 aliphatic heterocycles. The number of rotatable bonds is 1. The van der Waals surface area contributed by atoms with E-state index in [-0.39, 0.29) is 12.8 Å². The highest BCUT2D eigenvalue weighted by atomic mass is 19.4. The summed E-state index contributed by atoms with van der Waals surface area (Å²) in [5.41, 5.74) is 0.194. The second kappa shape index (κ2) is 3.80. The van der Waals surface area contributed by atoms with E-state index in [9.17, 15) is 13.2 Å². The van der Waals surface area contributed by atoms with Gasteiger partial charge in [-0.1, -0.05) is 11.6 Å². The summed E-state index contributed by atoms with van der Waals surface area (Å²) in [6.45, 7) is 0. The third-order valence-electron chi connectivity index (χ3n) is 3.87. The van der Waals surface area contributed by atoms with Gasteiger partial charge >= 0.3 is 6.18 Å². The lowest BCUT2D eigenvalue weighted by atomic mass is 9.62. The Morgan fingerprint density at radius 2 is 2.06 bits per heavy atom. The van der Waals surface area contributed by atoms with Crippen molar-refractivity contribution in [3.05, 3.63) is 11.6 Å². The zero-order valence-electron chi connectivity index (χ0n) is 8.98. The largest absolute Gasteiger partial charge is 0.392 e. The van der Waals surface area contributed by atoms with Gasteiger partial charge < -0.3 is 0 Å². The topological polar surface area (TPSA) is 23.8 Å². The molecule has 2 rings (SSSR count). The highest BCUT2D eigenvalue weighted by molar-refractivity contribution is 5.29. The van der Waals surface area contributed by atoms with Crippen molar-refractivity contribution in [2.75, 3.05) is 0 Å². The second-order valence-electron chi connectivity index (χ2n) is 4.80. The van der Waals surface area contributed by atoms with Crippen molar-refractivity contribution < 1.29 is 13.2 Å². The molecule has 0 bridgehead atoms. The molecule has 2 aliphatic rings. The van der Waals surface area contributed by atoms with Gasteiger partial charge in [-0.25, -0.2) is 0 Å². The minimum absolute atomic E-state index is 0.0388. The summed E-state index contributed by atoms with van der Waals surface area (Å²) >= 11 is 0. The molecule has 0 unspecified atom stereocenters. The van der Waals surface area contributed by atoms with E-state index in [0.717, 1.165) is 24.8 Å². The Bertz CT molecular complexity index is 344. The number of halogens is 3.